The minimum Gasteiger partial charge on any atom is -0.322 e. The van der Waals surface area contributed by atoms with Crippen LogP contribution in [0.25, 0.3) is 0 Å². The van der Waals surface area contributed by atoms with Crippen LogP contribution in [0, 0.1) is 11.3 Å². The quantitative estimate of drug-likeness (QED) is 0.884. The fourth-order valence-corrected chi connectivity index (χ4v) is 1.98. The van der Waals surface area contributed by atoms with Crippen molar-refractivity contribution in [2.75, 3.05) is 11.9 Å². The Hall–Kier alpha value is -2.64. The molecule has 0 aliphatic heterocycles. The Balaban J connectivity index is 2.17. The largest absolute Gasteiger partial charge is 0.322 e. The second kappa shape index (κ2) is 7.22. The number of carbonyl (C=O) groups is 1. The minimum absolute atomic E-state index is 0.212. The summed E-state index contributed by atoms with van der Waals surface area (Å²) < 4.78 is 0. The second-order valence-electron chi connectivity index (χ2n) is 4.58. The van der Waals surface area contributed by atoms with Crippen molar-refractivity contribution in [1.29, 1.82) is 5.26 Å². The number of nitrogens with zero attached hydrogens (tertiary/aromatic N) is 1. The van der Waals surface area contributed by atoms with E-state index in [9.17, 15) is 4.79 Å². The first-order valence-electron chi connectivity index (χ1n) is 6.84. The molecular formula is C17H17N3O. The van der Waals surface area contributed by atoms with Gasteiger partial charge in [0.05, 0.1) is 11.6 Å². The molecule has 0 heterocycles. The number of amides is 1. The van der Waals surface area contributed by atoms with Gasteiger partial charge in [0.15, 0.2) is 0 Å². The summed E-state index contributed by atoms with van der Waals surface area (Å²) in [5.74, 6) is -0.212. The van der Waals surface area contributed by atoms with Gasteiger partial charge in [0.2, 0.25) is 0 Å². The average molecular weight is 279 g/mol. The lowest BCUT2D eigenvalue weighted by Gasteiger charge is -2.11. The highest BCUT2D eigenvalue weighted by atomic mass is 16.1. The molecule has 0 atom stereocenters. The summed E-state index contributed by atoms with van der Waals surface area (Å²) in [6.07, 6.45) is 0. The number of nitriles is 1. The Kier molecular flexibility index (Phi) is 5.08. The zero-order valence-electron chi connectivity index (χ0n) is 11.9. The van der Waals surface area contributed by atoms with Gasteiger partial charge in [-0.2, -0.15) is 5.26 Å². The fraction of sp³-hybridized carbons (Fsp3) is 0.176. The third-order valence-electron chi connectivity index (χ3n) is 3.08. The number of hydrogen-bond acceptors (Lipinski definition) is 3. The van der Waals surface area contributed by atoms with E-state index in [-0.39, 0.29) is 5.91 Å². The average Bonchev–Trinajstić information content (AvgIpc) is 2.54. The van der Waals surface area contributed by atoms with E-state index in [4.69, 9.17) is 5.26 Å². The molecule has 0 unspecified atom stereocenters. The van der Waals surface area contributed by atoms with Gasteiger partial charge in [-0.15, -0.1) is 0 Å². The van der Waals surface area contributed by atoms with Gasteiger partial charge in [0, 0.05) is 17.8 Å². The molecule has 0 bridgehead atoms. The van der Waals surface area contributed by atoms with E-state index in [2.05, 4.69) is 10.6 Å². The standard InChI is InChI=1S/C17H17N3O/c1-2-19-12-15-7-3-4-9-16(15)20-17(21)14-8-5-6-13(10-14)11-18/h3-10,19H,2,12H2,1H3,(H,20,21). The molecule has 1 amide bonds. The molecular weight excluding hydrogens is 262 g/mol. The molecule has 0 saturated heterocycles. The van der Waals surface area contributed by atoms with Crippen molar-refractivity contribution in [1.82, 2.24) is 5.32 Å². The maximum atomic E-state index is 12.3. The highest BCUT2D eigenvalue weighted by molar-refractivity contribution is 6.04. The molecule has 0 fully saturated rings. The number of anilines is 1. The van der Waals surface area contributed by atoms with Gasteiger partial charge in [-0.1, -0.05) is 31.2 Å². The van der Waals surface area contributed by atoms with Crippen LogP contribution in [-0.4, -0.2) is 12.5 Å². The van der Waals surface area contributed by atoms with Crippen LogP contribution in [0.5, 0.6) is 0 Å². The lowest BCUT2D eigenvalue weighted by Crippen LogP contribution is -2.17. The maximum Gasteiger partial charge on any atom is 0.255 e. The van der Waals surface area contributed by atoms with Crippen LogP contribution >= 0.6 is 0 Å². The molecule has 0 aromatic heterocycles. The van der Waals surface area contributed by atoms with Gasteiger partial charge in [-0.25, -0.2) is 0 Å². The van der Waals surface area contributed by atoms with Crippen LogP contribution in [0.15, 0.2) is 48.5 Å². The lowest BCUT2D eigenvalue weighted by molar-refractivity contribution is 0.102. The Labute approximate surface area is 124 Å². The molecule has 4 nitrogen and oxygen atoms in total. The number of hydrogen-bond donors (Lipinski definition) is 2. The fourth-order valence-electron chi connectivity index (χ4n) is 1.98. The van der Waals surface area contributed by atoms with E-state index >= 15 is 0 Å². The first-order chi connectivity index (χ1) is 10.2. The van der Waals surface area contributed by atoms with E-state index in [1.807, 2.05) is 37.3 Å². The molecule has 106 valence electrons. The van der Waals surface area contributed by atoms with Crippen molar-refractivity contribution in [3.05, 3.63) is 65.2 Å². The van der Waals surface area contributed by atoms with Crippen molar-refractivity contribution < 1.29 is 4.79 Å². The minimum atomic E-state index is -0.212. The number of para-hydroxylation sites is 1. The van der Waals surface area contributed by atoms with Crippen LogP contribution in [0.3, 0.4) is 0 Å². The smallest absolute Gasteiger partial charge is 0.255 e. The topological polar surface area (TPSA) is 64.9 Å². The van der Waals surface area contributed by atoms with Crippen LogP contribution < -0.4 is 10.6 Å². The predicted octanol–water partition coefficient (Wildman–Crippen LogP) is 2.92. The third-order valence-corrected chi connectivity index (χ3v) is 3.08. The molecule has 0 aliphatic rings. The molecule has 0 aliphatic carbocycles. The molecule has 2 aromatic carbocycles. The maximum absolute atomic E-state index is 12.3. The van der Waals surface area contributed by atoms with Crippen LogP contribution in [0.1, 0.15) is 28.4 Å². The van der Waals surface area contributed by atoms with Crippen molar-refractivity contribution in [3.63, 3.8) is 0 Å². The molecule has 2 N–H and O–H groups in total. The zero-order valence-corrected chi connectivity index (χ0v) is 11.9. The second-order valence-corrected chi connectivity index (χ2v) is 4.58. The summed E-state index contributed by atoms with van der Waals surface area (Å²) in [7, 11) is 0. The van der Waals surface area contributed by atoms with E-state index in [0.717, 1.165) is 17.8 Å². The van der Waals surface area contributed by atoms with Crippen LogP contribution in [0.4, 0.5) is 5.69 Å². The number of carbonyl (C=O) groups excluding carboxylic acids is 1. The summed E-state index contributed by atoms with van der Waals surface area (Å²) in [4.78, 5) is 12.3. The van der Waals surface area contributed by atoms with Crippen LogP contribution in [0.2, 0.25) is 0 Å². The predicted molar refractivity (Wildman–Crippen MR) is 82.9 cm³/mol. The van der Waals surface area contributed by atoms with E-state index in [1.165, 1.54) is 0 Å². The third kappa shape index (κ3) is 3.91. The number of nitrogens with one attached hydrogen (secondary N) is 2. The van der Waals surface area contributed by atoms with Gasteiger partial charge in [0.25, 0.3) is 5.91 Å². The summed E-state index contributed by atoms with van der Waals surface area (Å²) in [5, 5.41) is 15.0. The SMILES string of the molecule is CCNCc1ccccc1NC(=O)c1cccc(C#N)c1. The summed E-state index contributed by atoms with van der Waals surface area (Å²) >= 11 is 0. The number of benzene rings is 2. The highest BCUT2D eigenvalue weighted by Crippen LogP contribution is 2.16. The van der Waals surface area contributed by atoms with Gasteiger partial charge in [-0.3, -0.25) is 4.79 Å². The molecule has 0 radical (unpaired) electrons. The Bertz CT molecular complexity index is 674. The van der Waals surface area contributed by atoms with Crippen molar-refractivity contribution in [3.8, 4) is 6.07 Å². The first kappa shape index (κ1) is 14.8. The highest BCUT2D eigenvalue weighted by Gasteiger charge is 2.09. The van der Waals surface area contributed by atoms with Gasteiger partial charge < -0.3 is 10.6 Å². The summed E-state index contributed by atoms with van der Waals surface area (Å²) in [6.45, 7) is 3.60. The zero-order chi connectivity index (χ0) is 15.1. The number of rotatable bonds is 5. The summed E-state index contributed by atoms with van der Waals surface area (Å²) in [5.41, 5.74) is 2.77. The normalized spacial score (nSPS) is 9.90. The molecule has 2 aromatic rings. The Morgan fingerprint density at radius 2 is 2.00 bits per heavy atom. The van der Waals surface area contributed by atoms with Gasteiger partial charge in [0.1, 0.15) is 0 Å². The molecule has 4 heteroatoms. The molecule has 21 heavy (non-hydrogen) atoms. The van der Waals surface area contributed by atoms with Crippen LogP contribution in [-0.2, 0) is 6.54 Å². The molecule has 0 spiro atoms. The summed E-state index contributed by atoms with van der Waals surface area (Å²) in [6, 6.07) is 16.4. The Morgan fingerprint density at radius 1 is 1.19 bits per heavy atom. The Morgan fingerprint density at radius 3 is 2.76 bits per heavy atom. The van der Waals surface area contributed by atoms with E-state index < -0.39 is 0 Å². The van der Waals surface area contributed by atoms with Crippen molar-refractivity contribution in [2.24, 2.45) is 0 Å². The van der Waals surface area contributed by atoms with E-state index in [0.29, 0.717) is 17.7 Å². The monoisotopic (exact) mass is 279 g/mol. The molecule has 2 rings (SSSR count). The molecule has 0 saturated carbocycles. The van der Waals surface area contributed by atoms with Gasteiger partial charge in [-0.05, 0) is 36.4 Å². The first-order valence-corrected chi connectivity index (χ1v) is 6.84. The van der Waals surface area contributed by atoms with Gasteiger partial charge >= 0.3 is 0 Å². The van der Waals surface area contributed by atoms with E-state index in [1.54, 1.807) is 24.3 Å². The van der Waals surface area contributed by atoms with Crippen molar-refractivity contribution >= 4 is 11.6 Å². The van der Waals surface area contributed by atoms with Crippen molar-refractivity contribution in [2.45, 2.75) is 13.5 Å². The lowest BCUT2D eigenvalue weighted by atomic mass is 10.1.